The van der Waals surface area contributed by atoms with Crippen LogP contribution in [-0.2, 0) is 6.54 Å². The molecular weight excluding hydrogens is 304 g/mol. The highest BCUT2D eigenvalue weighted by Gasteiger charge is 2.22. The highest BCUT2D eigenvalue weighted by molar-refractivity contribution is 5.74. The Morgan fingerprint density at radius 3 is 2.75 bits per heavy atom. The molecule has 0 radical (unpaired) electrons. The second-order valence-corrected chi connectivity index (χ2v) is 6.92. The summed E-state index contributed by atoms with van der Waals surface area (Å²) in [5, 5.41) is 2.98. The molecule has 0 spiro atoms. The summed E-state index contributed by atoms with van der Waals surface area (Å²) in [5.74, 6) is 1.21. The van der Waals surface area contributed by atoms with E-state index in [2.05, 4.69) is 36.0 Å². The zero-order valence-corrected chi connectivity index (χ0v) is 14.7. The van der Waals surface area contributed by atoms with Crippen molar-refractivity contribution in [2.45, 2.75) is 27.3 Å². The lowest BCUT2D eigenvalue weighted by molar-refractivity contribution is 0.129. The third kappa shape index (κ3) is 4.06. The molecule has 1 N–H and O–H groups in total. The maximum atomic E-state index is 12.1. The lowest BCUT2D eigenvalue weighted by atomic mass is 10.2. The summed E-state index contributed by atoms with van der Waals surface area (Å²) in [7, 11) is 0. The highest BCUT2D eigenvalue weighted by Crippen LogP contribution is 2.18. The van der Waals surface area contributed by atoms with E-state index < -0.39 is 0 Å². The SMILES string of the molecule is Cc1ccc2oc(CN3CCN(C(=O)NCC(C)C)CC3)nc2c1. The van der Waals surface area contributed by atoms with Crippen LogP contribution in [0.25, 0.3) is 11.1 Å². The molecule has 0 aliphatic carbocycles. The zero-order valence-electron chi connectivity index (χ0n) is 14.7. The zero-order chi connectivity index (χ0) is 17.1. The number of amides is 2. The minimum Gasteiger partial charge on any atom is -0.439 e. The van der Waals surface area contributed by atoms with Crippen molar-refractivity contribution in [3.8, 4) is 0 Å². The molecule has 1 aromatic carbocycles. The number of rotatable bonds is 4. The molecule has 1 aliphatic rings. The van der Waals surface area contributed by atoms with Gasteiger partial charge >= 0.3 is 6.03 Å². The van der Waals surface area contributed by atoms with Crippen LogP contribution in [-0.4, -0.2) is 53.5 Å². The number of oxazole rings is 1. The lowest BCUT2D eigenvalue weighted by Gasteiger charge is -2.34. The van der Waals surface area contributed by atoms with Crippen molar-refractivity contribution in [1.82, 2.24) is 20.1 Å². The number of aryl methyl sites for hydroxylation is 1. The van der Waals surface area contributed by atoms with E-state index in [1.165, 1.54) is 5.56 Å². The Labute approximate surface area is 142 Å². The first-order chi connectivity index (χ1) is 11.5. The first kappa shape index (κ1) is 16.8. The Balaban J connectivity index is 1.52. The van der Waals surface area contributed by atoms with Crippen LogP contribution in [0.2, 0.25) is 0 Å². The van der Waals surface area contributed by atoms with Gasteiger partial charge in [0.25, 0.3) is 0 Å². The van der Waals surface area contributed by atoms with Crippen LogP contribution in [0, 0.1) is 12.8 Å². The van der Waals surface area contributed by atoms with Crippen LogP contribution < -0.4 is 5.32 Å². The van der Waals surface area contributed by atoms with E-state index in [9.17, 15) is 4.79 Å². The van der Waals surface area contributed by atoms with Gasteiger partial charge in [0.1, 0.15) is 5.52 Å². The van der Waals surface area contributed by atoms with E-state index in [0.29, 0.717) is 12.5 Å². The van der Waals surface area contributed by atoms with E-state index in [0.717, 1.165) is 49.7 Å². The number of hydrogen-bond donors (Lipinski definition) is 1. The van der Waals surface area contributed by atoms with Gasteiger partial charge in [0.15, 0.2) is 5.58 Å². The molecule has 130 valence electrons. The molecule has 2 heterocycles. The van der Waals surface area contributed by atoms with Crippen LogP contribution in [0.3, 0.4) is 0 Å². The van der Waals surface area contributed by atoms with Crippen LogP contribution in [0.4, 0.5) is 4.79 Å². The van der Waals surface area contributed by atoms with Gasteiger partial charge in [-0.2, -0.15) is 0 Å². The molecule has 1 aromatic heterocycles. The van der Waals surface area contributed by atoms with Gasteiger partial charge in [0, 0.05) is 32.7 Å². The largest absolute Gasteiger partial charge is 0.439 e. The summed E-state index contributed by atoms with van der Waals surface area (Å²) in [4.78, 5) is 20.8. The van der Waals surface area contributed by atoms with Gasteiger partial charge in [0.2, 0.25) is 5.89 Å². The third-order valence-electron chi connectivity index (χ3n) is 4.27. The molecule has 0 bridgehead atoms. The summed E-state index contributed by atoms with van der Waals surface area (Å²) < 4.78 is 5.82. The number of piperazine rings is 1. The maximum absolute atomic E-state index is 12.1. The van der Waals surface area contributed by atoms with E-state index in [1.54, 1.807) is 0 Å². The van der Waals surface area contributed by atoms with Crippen molar-refractivity contribution >= 4 is 17.1 Å². The monoisotopic (exact) mass is 330 g/mol. The van der Waals surface area contributed by atoms with Gasteiger partial charge < -0.3 is 14.6 Å². The minimum atomic E-state index is 0.0423. The van der Waals surface area contributed by atoms with E-state index in [-0.39, 0.29) is 6.03 Å². The fraction of sp³-hybridized carbons (Fsp3) is 0.556. The molecule has 1 aliphatic heterocycles. The summed E-state index contributed by atoms with van der Waals surface area (Å²) in [6, 6.07) is 6.09. The fourth-order valence-electron chi connectivity index (χ4n) is 2.86. The molecule has 0 atom stereocenters. The third-order valence-corrected chi connectivity index (χ3v) is 4.27. The average Bonchev–Trinajstić information content (AvgIpc) is 2.94. The molecule has 24 heavy (non-hydrogen) atoms. The Bertz CT molecular complexity index is 702. The predicted molar refractivity (Wildman–Crippen MR) is 93.8 cm³/mol. The van der Waals surface area contributed by atoms with Gasteiger partial charge in [-0.15, -0.1) is 0 Å². The summed E-state index contributed by atoms with van der Waals surface area (Å²) >= 11 is 0. The fourth-order valence-corrected chi connectivity index (χ4v) is 2.86. The Morgan fingerprint density at radius 2 is 2.04 bits per heavy atom. The first-order valence-corrected chi connectivity index (χ1v) is 8.62. The van der Waals surface area contributed by atoms with Crippen molar-refractivity contribution in [3.63, 3.8) is 0 Å². The van der Waals surface area contributed by atoms with Crippen molar-refractivity contribution in [1.29, 1.82) is 0 Å². The van der Waals surface area contributed by atoms with E-state index in [1.807, 2.05) is 23.1 Å². The van der Waals surface area contributed by atoms with Gasteiger partial charge in [-0.3, -0.25) is 4.90 Å². The normalized spacial score (nSPS) is 16.1. The molecule has 6 nitrogen and oxygen atoms in total. The number of nitrogens with zero attached hydrogens (tertiary/aromatic N) is 3. The number of carbonyl (C=O) groups is 1. The molecule has 3 rings (SSSR count). The number of carbonyl (C=O) groups excluding carboxylic acids is 1. The highest BCUT2D eigenvalue weighted by atomic mass is 16.3. The molecule has 0 saturated carbocycles. The minimum absolute atomic E-state index is 0.0423. The summed E-state index contributed by atoms with van der Waals surface area (Å²) in [5.41, 5.74) is 2.93. The van der Waals surface area contributed by atoms with Crippen LogP contribution in [0.15, 0.2) is 22.6 Å². The summed E-state index contributed by atoms with van der Waals surface area (Å²) in [6.45, 7) is 10.8. The Kier molecular flexibility index (Phi) is 5.04. The van der Waals surface area contributed by atoms with Gasteiger partial charge in [0.05, 0.1) is 6.54 Å². The average molecular weight is 330 g/mol. The predicted octanol–water partition coefficient (Wildman–Crippen LogP) is 2.62. The smallest absolute Gasteiger partial charge is 0.317 e. The van der Waals surface area contributed by atoms with E-state index >= 15 is 0 Å². The quantitative estimate of drug-likeness (QED) is 0.936. The van der Waals surface area contributed by atoms with Crippen molar-refractivity contribution in [2.75, 3.05) is 32.7 Å². The number of benzene rings is 1. The molecule has 6 heteroatoms. The number of aromatic nitrogens is 1. The van der Waals surface area contributed by atoms with Crippen molar-refractivity contribution in [2.24, 2.45) is 5.92 Å². The second kappa shape index (κ2) is 7.21. The number of nitrogens with one attached hydrogen (secondary N) is 1. The van der Waals surface area contributed by atoms with Crippen molar-refractivity contribution < 1.29 is 9.21 Å². The molecule has 0 unspecified atom stereocenters. The first-order valence-electron chi connectivity index (χ1n) is 8.62. The lowest BCUT2D eigenvalue weighted by Crippen LogP contribution is -2.51. The molecule has 1 fully saturated rings. The van der Waals surface area contributed by atoms with Gasteiger partial charge in [-0.25, -0.2) is 9.78 Å². The molecule has 2 amide bonds. The maximum Gasteiger partial charge on any atom is 0.317 e. The van der Waals surface area contributed by atoms with E-state index in [4.69, 9.17) is 4.42 Å². The molecule has 2 aromatic rings. The topological polar surface area (TPSA) is 61.6 Å². The standard InChI is InChI=1S/C18H26N4O2/c1-13(2)11-19-18(23)22-8-6-21(7-9-22)12-17-20-15-10-14(3)4-5-16(15)24-17/h4-5,10,13H,6-9,11-12H2,1-3H3,(H,19,23). The number of urea groups is 1. The molecular formula is C18H26N4O2. The summed E-state index contributed by atoms with van der Waals surface area (Å²) in [6.07, 6.45) is 0. The number of fused-ring (bicyclic) bond motifs is 1. The van der Waals surface area contributed by atoms with Gasteiger partial charge in [-0.1, -0.05) is 19.9 Å². The Hall–Kier alpha value is -2.08. The second-order valence-electron chi connectivity index (χ2n) is 6.92. The van der Waals surface area contributed by atoms with Crippen LogP contribution in [0.5, 0.6) is 0 Å². The van der Waals surface area contributed by atoms with Crippen LogP contribution in [0.1, 0.15) is 25.3 Å². The number of hydrogen-bond acceptors (Lipinski definition) is 4. The Morgan fingerprint density at radius 1 is 1.29 bits per heavy atom. The van der Waals surface area contributed by atoms with Crippen molar-refractivity contribution in [3.05, 3.63) is 29.7 Å². The van der Waals surface area contributed by atoms with Gasteiger partial charge in [-0.05, 0) is 30.5 Å². The molecule has 1 saturated heterocycles. The van der Waals surface area contributed by atoms with Crippen LogP contribution >= 0.6 is 0 Å².